The SMILES string of the molecule is C[C@H]1CN(C(=O)O)CCN1c1nc(OC[C@@H]2CCCN2C)nc(C(=O)Nc2ccccc2F)c1N. The molecule has 12 heteroatoms. The third kappa shape index (κ3) is 5.37. The number of nitrogen functional groups attached to an aromatic ring is 1. The molecular formula is C23H30FN7O4. The highest BCUT2D eigenvalue weighted by Crippen LogP contribution is 2.30. The van der Waals surface area contributed by atoms with Crippen molar-refractivity contribution in [1.82, 2.24) is 19.8 Å². The lowest BCUT2D eigenvalue weighted by atomic mass is 10.1. The molecule has 2 aromatic rings. The van der Waals surface area contributed by atoms with Crippen LogP contribution in [0.2, 0.25) is 0 Å². The molecular weight excluding hydrogens is 457 g/mol. The summed E-state index contributed by atoms with van der Waals surface area (Å²) in [6.07, 6.45) is 1.05. The number of para-hydroxylation sites is 1. The van der Waals surface area contributed by atoms with Crippen LogP contribution in [0, 0.1) is 5.82 Å². The highest BCUT2D eigenvalue weighted by atomic mass is 19.1. The Morgan fingerprint density at radius 3 is 2.69 bits per heavy atom. The van der Waals surface area contributed by atoms with Gasteiger partial charge < -0.3 is 35.6 Å². The van der Waals surface area contributed by atoms with Crippen LogP contribution in [-0.2, 0) is 0 Å². The molecule has 2 saturated heterocycles. The summed E-state index contributed by atoms with van der Waals surface area (Å²) in [4.78, 5) is 38.6. The summed E-state index contributed by atoms with van der Waals surface area (Å²) in [5.41, 5.74) is 6.23. The number of carbonyl (C=O) groups excluding carboxylic acids is 1. The van der Waals surface area contributed by atoms with Crippen molar-refractivity contribution in [3.05, 3.63) is 35.8 Å². The highest BCUT2D eigenvalue weighted by molar-refractivity contribution is 6.07. The van der Waals surface area contributed by atoms with Gasteiger partial charge in [0.25, 0.3) is 5.91 Å². The summed E-state index contributed by atoms with van der Waals surface area (Å²) < 4.78 is 20.0. The number of amides is 2. The number of nitrogens with two attached hydrogens (primary N) is 1. The summed E-state index contributed by atoms with van der Waals surface area (Å²) in [7, 11) is 2.02. The number of aromatic nitrogens is 2. The van der Waals surface area contributed by atoms with E-state index in [0.29, 0.717) is 13.2 Å². The molecule has 3 heterocycles. The molecule has 4 rings (SSSR count). The van der Waals surface area contributed by atoms with Crippen LogP contribution in [0.25, 0.3) is 0 Å². The Balaban J connectivity index is 1.64. The van der Waals surface area contributed by atoms with Crippen LogP contribution in [-0.4, -0.2) is 88.8 Å². The number of piperazine rings is 1. The molecule has 0 bridgehead atoms. The predicted molar refractivity (Wildman–Crippen MR) is 128 cm³/mol. The van der Waals surface area contributed by atoms with Crippen molar-refractivity contribution in [2.24, 2.45) is 0 Å². The van der Waals surface area contributed by atoms with Gasteiger partial charge in [0.05, 0.1) is 5.69 Å². The molecule has 2 atom stereocenters. The first-order valence-electron chi connectivity index (χ1n) is 11.6. The summed E-state index contributed by atoms with van der Waals surface area (Å²) in [6.45, 7) is 4.00. The number of benzene rings is 1. The minimum atomic E-state index is -0.998. The lowest BCUT2D eigenvalue weighted by Crippen LogP contribution is -2.54. The molecule has 4 N–H and O–H groups in total. The molecule has 0 spiro atoms. The van der Waals surface area contributed by atoms with Crippen LogP contribution in [0.15, 0.2) is 24.3 Å². The van der Waals surface area contributed by atoms with Crippen LogP contribution in [0.5, 0.6) is 6.01 Å². The quantitative estimate of drug-likeness (QED) is 0.559. The molecule has 0 aliphatic carbocycles. The van der Waals surface area contributed by atoms with E-state index >= 15 is 0 Å². The van der Waals surface area contributed by atoms with E-state index in [1.165, 1.54) is 23.1 Å². The molecule has 0 saturated carbocycles. The van der Waals surface area contributed by atoms with Gasteiger partial charge in [-0.25, -0.2) is 9.18 Å². The average Bonchev–Trinajstić information content (AvgIpc) is 3.24. The molecule has 2 aliphatic heterocycles. The van der Waals surface area contributed by atoms with Crippen molar-refractivity contribution in [3.63, 3.8) is 0 Å². The van der Waals surface area contributed by atoms with Crippen LogP contribution >= 0.6 is 0 Å². The van der Waals surface area contributed by atoms with Crippen molar-refractivity contribution in [2.75, 3.05) is 55.8 Å². The number of likely N-dealkylation sites (tertiary alicyclic amines) is 1. The zero-order chi connectivity index (χ0) is 25.1. The van der Waals surface area contributed by atoms with Gasteiger partial charge in [-0.05, 0) is 45.5 Å². The van der Waals surface area contributed by atoms with Crippen molar-refractivity contribution in [2.45, 2.75) is 31.8 Å². The molecule has 35 heavy (non-hydrogen) atoms. The maximum Gasteiger partial charge on any atom is 0.407 e. The van der Waals surface area contributed by atoms with Crippen LogP contribution in [0.3, 0.4) is 0 Å². The fraction of sp³-hybridized carbons (Fsp3) is 0.478. The van der Waals surface area contributed by atoms with Gasteiger partial charge in [-0.15, -0.1) is 0 Å². The van der Waals surface area contributed by atoms with Gasteiger partial charge >= 0.3 is 12.1 Å². The zero-order valence-electron chi connectivity index (χ0n) is 19.8. The van der Waals surface area contributed by atoms with Crippen molar-refractivity contribution >= 4 is 29.2 Å². The Morgan fingerprint density at radius 1 is 1.26 bits per heavy atom. The van der Waals surface area contributed by atoms with E-state index in [0.717, 1.165) is 19.4 Å². The second kappa shape index (κ2) is 10.3. The standard InChI is InChI=1S/C23H30FN7O4/c1-14-12-30(23(33)34)10-11-31(14)20-18(25)19(21(32)26-17-8-4-3-7-16(17)24)27-22(28-20)35-13-15-6-5-9-29(15)2/h3-4,7-8,14-15H,5-6,9-13,25H2,1-2H3,(H,26,32)(H,33,34)/t14-,15-/m0/s1. The van der Waals surface area contributed by atoms with Gasteiger partial charge in [0.2, 0.25) is 0 Å². The number of rotatable bonds is 6. The normalized spacial score (nSPS) is 20.7. The minimum Gasteiger partial charge on any atom is -0.465 e. The third-order valence-electron chi connectivity index (χ3n) is 6.49. The first-order valence-corrected chi connectivity index (χ1v) is 11.6. The molecule has 188 valence electrons. The number of hydrogen-bond donors (Lipinski definition) is 3. The number of hydrogen-bond acceptors (Lipinski definition) is 8. The minimum absolute atomic E-state index is 0.00412. The first-order chi connectivity index (χ1) is 16.7. The van der Waals surface area contributed by atoms with E-state index in [1.807, 2.05) is 18.9 Å². The Labute approximate surface area is 202 Å². The summed E-state index contributed by atoms with van der Waals surface area (Å²) in [6, 6.07) is 5.73. The lowest BCUT2D eigenvalue weighted by Gasteiger charge is -2.39. The van der Waals surface area contributed by atoms with Crippen molar-refractivity contribution < 1.29 is 23.8 Å². The van der Waals surface area contributed by atoms with E-state index in [-0.39, 0.29) is 54.1 Å². The smallest absolute Gasteiger partial charge is 0.407 e. The maximum atomic E-state index is 14.1. The number of carbonyl (C=O) groups is 2. The lowest BCUT2D eigenvalue weighted by molar-refractivity contribution is 0.102. The third-order valence-corrected chi connectivity index (χ3v) is 6.49. The molecule has 1 aromatic heterocycles. The average molecular weight is 488 g/mol. The molecule has 2 fully saturated rings. The number of carboxylic acid groups (broad SMARTS) is 1. The molecule has 0 radical (unpaired) electrons. The molecule has 2 amide bonds. The Hall–Kier alpha value is -3.67. The monoisotopic (exact) mass is 487 g/mol. The fourth-order valence-electron chi connectivity index (χ4n) is 4.44. The summed E-state index contributed by atoms with van der Waals surface area (Å²) >= 11 is 0. The van der Waals surface area contributed by atoms with E-state index in [1.54, 1.807) is 6.07 Å². The first kappa shape index (κ1) is 24.5. The van der Waals surface area contributed by atoms with Crippen molar-refractivity contribution in [3.8, 4) is 6.01 Å². The van der Waals surface area contributed by atoms with Gasteiger partial charge in [0, 0.05) is 31.7 Å². The van der Waals surface area contributed by atoms with Gasteiger partial charge in [0.15, 0.2) is 11.5 Å². The van der Waals surface area contributed by atoms with Gasteiger partial charge in [-0.1, -0.05) is 12.1 Å². The second-order valence-corrected chi connectivity index (χ2v) is 8.88. The number of halogens is 1. The Kier molecular flexibility index (Phi) is 7.20. The van der Waals surface area contributed by atoms with Gasteiger partial charge in [0.1, 0.15) is 18.1 Å². The van der Waals surface area contributed by atoms with E-state index in [4.69, 9.17) is 10.5 Å². The fourth-order valence-corrected chi connectivity index (χ4v) is 4.44. The predicted octanol–water partition coefficient (Wildman–Crippen LogP) is 2.11. The molecule has 2 aliphatic rings. The number of nitrogens with zero attached hydrogens (tertiary/aromatic N) is 5. The molecule has 0 unspecified atom stereocenters. The largest absolute Gasteiger partial charge is 0.465 e. The summed E-state index contributed by atoms with van der Waals surface area (Å²) in [5, 5.41) is 11.8. The van der Waals surface area contributed by atoms with E-state index < -0.39 is 17.8 Å². The van der Waals surface area contributed by atoms with Crippen molar-refractivity contribution in [1.29, 1.82) is 0 Å². The maximum absolute atomic E-state index is 14.1. The topological polar surface area (TPSA) is 137 Å². The molecule has 11 nitrogen and oxygen atoms in total. The number of anilines is 3. The summed E-state index contributed by atoms with van der Waals surface area (Å²) in [5.74, 6) is -1.00. The number of ether oxygens (including phenoxy) is 1. The Morgan fingerprint density at radius 2 is 2.03 bits per heavy atom. The second-order valence-electron chi connectivity index (χ2n) is 8.88. The van der Waals surface area contributed by atoms with Crippen LogP contribution < -0.4 is 20.7 Å². The molecule has 1 aromatic carbocycles. The zero-order valence-corrected chi connectivity index (χ0v) is 19.8. The Bertz CT molecular complexity index is 1100. The van der Waals surface area contributed by atoms with Gasteiger partial charge in [-0.2, -0.15) is 9.97 Å². The van der Waals surface area contributed by atoms with Crippen LogP contribution in [0.4, 0.5) is 26.4 Å². The van der Waals surface area contributed by atoms with Gasteiger partial charge in [-0.3, -0.25) is 4.79 Å². The van der Waals surface area contributed by atoms with E-state index in [9.17, 15) is 19.1 Å². The van der Waals surface area contributed by atoms with E-state index in [2.05, 4.69) is 20.2 Å². The number of nitrogens with one attached hydrogen (secondary N) is 1. The highest BCUT2D eigenvalue weighted by Gasteiger charge is 2.31. The van der Waals surface area contributed by atoms with Crippen LogP contribution in [0.1, 0.15) is 30.3 Å². The number of likely N-dealkylation sites (N-methyl/N-ethyl adjacent to an activating group) is 1.